The maximum atomic E-state index is 12.1. The summed E-state index contributed by atoms with van der Waals surface area (Å²) in [5, 5.41) is 5.61. The van der Waals surface area contributed by atoms with Crippen molar-refractivity contribution in [3.63, 3.8) is 0 Å². The van der Waals surface area contributed by atoms with Crippen LogP contribution in [0, 0.1) is 0 Å². The smallest absolute Gasteiger partial charge is 0.337 e. The number of carbonyl (C=O) groups is 2. The number of nitrogens with one attached hydrogen (secondary N) is 4. The molecule has 0 aliphatic carbocycles. The summed E-state index contributed by atoms with van der Waals surface area (Å²) in [5.41, 5.74) is 5.32. The lowest BCUT2D eigenvalue weighted by atomic mass is 10.3. The van der Waals surface area contributed by atoms with Crippen molar-refractivity contribution in [2.75, 3.05) is 5.32 Å². The second-order valence-corrected chi connectivity index (χ2v) is 6.48. The molecule has 1 atom stereocenters. The second kappa shape index (κ2) is 9.96. The van der Waals surface area contributed by atoms with Crippen LogP contribution in [0.15, 0.2) is 48.5 Å². The molecule has 0 radical (unpaired) electrons. The molecule has 4 N–H and O–H groups in total. The SMILES string of the molecule is CC(Oc1ccc(Cl)cc1Cl)C(=O)NC(=S)NNC(=O)Nc1ccccc1. The minimum Gasteiger partial charge on any atom is -0.479 e. The first-order valence-corrected chi connectivity index (χ1v) is 8.86. The molecule has 0 fully saturated rings. The minimum absolute atomic E-state index is 0.0964. The zero-order chi connectivity index (χ0) is 19.8. The van der Waals surface area contributed by atoms with Gasteiger partial charge in [-0.3, -0.25) is 15.5 Å². The number of para-hydroxylation sites is 1. The van der Waals surface area contributed by atoms with Crippen LogP contribution >= 0.6 is 35.4 Å². The Bertz CT molecular complexity index is 836. The predicted octanol–water partition coefficient (Wildman–Crippen LogP) is 3.49. The summed E-state index contributed by atoms with van der Waals surface area (Å²) in [7, 11) is 0. The molecule has 10 heteroatoms. The van der Waals surface area contributed by atoms with Crippen LogP contribution in [0.4, 0.5) is 10.5 Å². The van der Waals surface area contributed by atoms with Gasteiger partial charge < -0.3 is 10.1 Å². The Kier molecular flexibility index (Phi) is 7.66. The van der Waals surface area contributed by atoms with Crippen molar-refractivity contribution >= 4 is 58.2 Å². The van der Waals surface area contributed by atoms with Gasteiger partial charge in [0.15, 0.2) is 11.2 Å². The molecule has 0 saturated carbocycles. The molecule has 2 rings (SSSR count). The van der Waals surface area contributed by atoms with E-state index in [4.69, 9.17) is 40.2 Å². The lowest BCUT2D eigenvalue weighted by molar-refractivity contribution is -0.125. The molecular weight excluding hydrogens is 411 g/mol. The van der Waals surface area contributed by atoms with E-state index >= 15 is 0 Å². The monoisotopic (exact) mass is 426 g/mol. The first kappa shape index (κ1) is 20.8. The second-order valence-electron chi connectivity index (χ2n) is 5.22. The van der Waals surface area contributed by atoms with Gasteiger partial charge in [-0.2, -0.15) is 0 Å². The summed E-state index contributed by atoms with van der Waals surface area (Å²) in [6, 6.07) is 12.9. The molecule has 0 saturated heterocycles. The molecule has 0 spiro atoms. The number of benzene rings is 2. The van der Waals surface area contributed by atoms with Gasteiger partial charge in [0.1, 0.15) is 5.75 Å². The molecule has 0 aliphatic heterocycles. The van der Waals surface area contributed by atoms with E-state index < -0.39 is 18.0 Å². The first-order valence-electron chi connectivity index (χ1n) is 7.69. The lowest BCUT2D eigenvalue weighted by Gasteiger charge is -2.17. The van der Waals surface area contributed by atoms with Gasteiger partial charge >= 0.3 is 6.03 Å². The highest BCUT2D eigenvalue weighted by Gasteiger charge is 2.17. The van der Waals surface area contributed by atoms with Crippen molar-refractivity contribution in [3.8, 4) is 5.75 Å². The number of rotatable bonds is 4. The van der Waals surface area contributed by atoms with E-state index in [0.717, 1.165) is 0 Å². The normalized spacial score (nSPS) is 11.1. The summed E-state index contributed by atoms with van der Waals surface area (Å²) < 4.78 is 5.48. The highest BCUT2D eigenvalue weighted by Crippen LogP contribution is 2.28. The summed E-state index contributed by atoms with van der Waals surface area (Å²) in [5.74, 6) is -0.216. The van der Waals surface area contributed by atoms with Crippen LogP contribution < -0.4 is 26.2 Å². The van der Waals surface area contributed by atoms with Crippen molar-refractivity contribution in [3.05, 3.63) is 58.6 Å². The Morgan fingerprint density at radius 3 is 2.44 bits per heavy atom. The van der Waals surface area contributed by atoms with Crippen LogP contribution in [-0.4, -0.2) is 23.2 Å². The summed E-state index contributed by atoms with van der Waals surface area (Å²) in [4.78, 5) is 23.8. The first-order chi connectivity index (χ1) is 12.8. The van der Waals surface area contributed by atoms with Crippen LogP contribution in [0.25, 0.3) is 0 Å². The van der Waals surface area contributed by atoms with Crippen molar-refractivity contribution < 1.29 is 14.3 Å². The van der Waals surface area contributed by atoms with Gasteiger partial charge in [-0.1, -0.05) is 41.4 Å². The molecule has 0 aliphatic rings. The van der Waals surface area contributed by atoms with E-state index in [1.807, 2.05) is 6.07 Å². The number of urea groups is 1. The number of thiocarbonyl (C=S) groups is 1. The van der Waals surface area contributed by atoms with Crippen molar-refractivity contribution in [2.45, 2.75) is 13.0 Å². The van der Waals surface area contributed by atoms with Crippen LogP contribution in [0.2, 0.25) is 10.0 Å². The number of amides is 3. The summed E-state index contributed by atoms with van der Waals surface area (Å²) >= 11 is 16.8. The van der Waals surface area contributed by atoms with Gasteiger partial charge in [-0.15, -0.1) is 0 Å². The minimum atomic E-state index is -0.887. The molecule has 3 amide bonds. The van der Waals surface area contributed by atoms with Gasteiger partial charge in [0.25, 0.3) is 5.91 Å². The van der Waals surface area contributed by atoms with Gasteiger partial charge in [0.2, 0.25) is 0 Å². The molecule has 1 unspecified atom stereocenters. The maximum Gasteiger partial charge on any atom is 0.337 e. The highest BCUT2D eigenvalue weighted by atomic mass is 35.5. The van der Waals surface area contributed by atoms with Crippen LogP contribution in [0.3, 0.4) is 0 Å². The standard InChI is InChI=1S/C17H16Cl2N4O3S/c1-10(26-14-8-7-11(18)9-13(14)19)15(24)21-17(27)23-22-16(25)20-12-5-3-2-4-6-12/h2-10H,1H3,(H2,20,22,25)(H2,21,23,24,27). The highest BCUT2D eigenvalue weighted by molar-refractivity contribution is 7.80. The van der Waals surface area contributed by atoms with E-state index in [1.54, 1.807) is 36.4 Å². The lowest BCUT2D eigenvalue weighted by Crippen LogP contribution is -2.51. The van der Waals surface area contributed by atoms with Gasteiger partial charge in [0, 0.05) is 10.7 Å². The number of hydrogen-bond donors (Lipinski definition) is 4. The van der Waals surface area contributed by atoms with Crippen molar-refractivity contribution in [2.24, 2.45) is 0 Å². The third-order valence-electron chi connectivity index (χ3n) is 3.12. The Morgan fingerprint density at radius 2 is 1.78 bits per heavy atom. The van der Waals surface area contributed by atoms with Crippen LogP contribution in [-0.2, 0) is 4.79 Å². The van der Waals surface area contributed by atoms with E-state index in [1.165, 1.54) is 13.0 Å². The predicted molar refractivity (Wildman–Crippen MR) is 109 cm³/mol. The van der Waals surface area contributed by atoms with Gasteiger partial charge in [-0.25, -0.2) is 10.2 Å². The molecular formula is C17H16Cl2N4O3S. The largest absolute Gasteiger partial charge is 0.479 e. The topological polar surface area (TPSA) is 91.5 Å². The van der Waals surface area contributed by atoms with Crippen molar-refractivity contribution in [1.82, 2.24) is 16.2 Å². The Morgan fingerprint density at radius 1 is 1.07 bits per heavy atom. The van der Waals surface area contributed by atoms with E-state index in [2.05, 4.69) is 21.5 Å². The Labute approximate surface area is 171 Å². The third-order valence-corrected chi connectivity index (χ3v) is 3.86. The fraction of sp³-hybridized carbons (Fsp3) is 0.118. The fourth-order valence-corrected chi connectivity index (χ4v) is 2.46. The van der Waals surface area contributed by atoms with E-state index in [0.29, 0.717) is 16.5 Å². The summed E-state index contributed by atoms with van der Waals surface area (Å²) in [6.07, 6.45) is -0.887. The van der Waals surface area contributed by atoms with Crippen LogP contribution in [0.5, 0.6) is 5.75 Å². The molecule has 0 bridgehead atoms. The third kappa shape index (κ3) is 6.93. The average molecular weight is 427 g/mol. The van der Waals surface area contributed by atoms with Crippen molar-refractivity contribution in [1.29, 1.82) is 0 Å². The quantitative estimate of drug-likeness (QED) is 0.443. The fourth-order valence-electron chi connectivity index (χ4n) is 1.86. The molecule has 27 heavy (non-hydrogen) atoms. The molecule has 0 aromatic heterocycles. The zero-order valence-corrected chi connectivity index (χ0v) is 16.4. The van der Waals surface area contributed by atoms with Gasteiger partial charge in [0.05, 0.1) is 5.02 Å². The van der Waals surface area contributed by atoms with E-state index in [-0.39, 0.29) is 10.1 Å². The molecule has 2 aromatic carbocycles. The molecule has 7 nitrogen and oxygen atoms in total. The Hall–Kier alpha value is -2.55. The summed E-state index contributed by atoms with van der Waals surface area (Å²) in [6.45, 7) is 1.53. The average Bonchev–Trinajstić information content (AvgIpc) is 2.63. The zero-order valence-electron chi connectivity index (χ0n) is 14.1. The molecule has 0 heterocycles. The number of hydrazine groups is 1. The number of anilines is 1. The van der Waals surface area contributed by atoms with Gasteiger partial charge in [-0.05, 0) is 49.5 Å². The number of carbonyl (C=O) groups excluding carboxylic acids is 2. The molecule has 2 aromatic rings. The number of hydrogen-bond acceptors (Lipinski definition) is 4. The Balaban J connectivity index is 1.77. The maximum absolute atomic E-state index is 12.1. The number of ether oxygens (including phenoxy) is 1. The molecule has 142 valence electrons. The number of halogens is 2. The van der Waals surface area contributed by atoms with Crippen LogP contribution in [0.1, 0.15) is 6.92 Å². The van der Waals surface area contributed by atoms with E-state index in [9.17, 15) is 9.59 Å².